The molecule has 0 atom stereocenters. The number of nitrogens with zero attached hydrogens (tertiary/aromatic N) is 4. The Morgan fingerprint density at radius 2 is 2.00 bits per heavy atom. The Labute approximate surface area is 157 Å². The number of aromatic nitrogens is 4. The van der Waals surface area contributed by atoms with Crippen LogP contribution >= 0.6 is 23.1 Å². The first-order chi connectivity index (χ1) is 12.5. The summed E-state index contributed by atoms with van der Waals surface area (Å²) in [5.41, 5.74) is 2.12. The fraction of sp³-hybridized carbons (Fsp3) is 0.222. The van der Waals surface area contributed by atoms with Crippen molar-refractivity contribution in [1.29, 1.82) is 0 Å². The van der Waals surface area contributed by atoms with Gasteiger partial charge in [-0.25, -0.2) is 9.97 Å². The Morgan fingerprint density at radius 1 is 1.19 bits per heavy atom. The molecule has 0 saturated heterocycles. The Hall–Kier alpha value is -2.45. The number of rotatable bonds is 3. The molecule has 0 radical (unpaired) electrons. The second-order valence-corrected chi connectivity index (χ2v) is 8.17. The smallest absolute Gasteiger partial charge is 0.262 e. The topological polar surface area (TPSA) is 69.3 Å². The van der Waals surface area contributed by atoms with Gasteiger partial charge >= 0.3 is 0 Å². The monoisotopic (exact) mass is 384 g/mol. The van der Waals surface area contributed by atoms with Gasteiger partial charge in [-0.1, -0.05) is 17.8 Å². The highest BCUT2D eigenvalue weighted by Gasteiger charge is 2.15. The number of thioether (sulfide) groups is 1. The van der Waals surface area contributed by atoms with E-state index in [1.54, 1.807) is 29.9 Å². The summed E-state index contributed by atoms with van der Waals surface area (Å²) in [6.07, 6.45) is 1.70. The molecular weight excluding hydrogens is 368 g/mol. The van der Waals surface area contributed by atoms with E-state index in [4.69, 9.17) is 0 Å². The van der Waals surface area contributed by atoms with E-state index in [1.807, 2.05) is 19.9 Å². The fourth-order valence-corrected chi connectivity index (χ4v) is 4.74. The predicted molar refractivity (Wildman–Crippen MR) is 105 cm³/mol. The Balaban J connectivity index is 1.71. The van der Waals surface area contributed by atoms with Crippen molar-refractivity contribution in [1.82, 2.24) is 18.9 Å². The SMILES string of the molecule is Cc1sc2nc(SCc3cc(=O)n4ccccc4n3)n(C)c(=O)c2c1C. The van der Waals surface area contributed by atoms with Crippen molar-refractivity contribution in [2.45, 2.75) is 24.8 Å². The predicted octanol–water partition coefficient (Wildman–Crippen LogP) is 2.91. The summed E-state index contributed by atoms with van der Waals surface area (Å²) in [4.78, 5) is 35.9. The number of hydrogen-bond acceptors (Lipinski definition) is 6. The summed E-state index contributed by atoms with van der Waals surface area (Å²) in [6, 6.07) is 6.96. The Kier molecular flexibility index (Phi) is 4.16. The molecule has 0 aliphatic rings. The maximum Gasteiger partial charge on any atom is 0.262 e. The third-order valence-corrected chi connectivity index (χ3v) is 6.51. The van der Waals surface area contributed by atoms with Gasteiger partial charge in [0.15, 0.2) is 5.16 Å². The highest BCUT2D eigenvalue weighted by atomic mass is 32.2. The molecule has 0 bridgehead atoms. The summed E-state index contributed by atoms with van der Waals surface area (Å²) in [5, 5.41) is 1.32. The first kappa shape index (κ1) is 17.0. The summed E-state index contributed by atoms with van der Waals surface area (Å²) in [7, 11) is 1.73. The molecule has 8 heteroatoms. The molecule has 0 aliphatic heterocycles. The van der Waals surface area contributed by atoms with Crippen LogP contribution in [0.5, 0.6) is 0 Å². The van der Waals surface area contributed by atoms with Crippen molar-refractivity contribution in [3.8, 4) is 0 Å². The average molecular weight is 384 g/mol. The molecule has 26 heavy (non-hydrogen) atoms. The molecule has 4 aromatic heterocycles. The lowest BCUT2D eigenvalue weighted by molar-refractivity contribution is 0.727. The summed E-state index contributed by atoms with van der Waals surface area (Å²) in [6.45, 7) is 3.96. The largest absolute Gasteiger partial charge is 0.290 e. The summed E-state index contributed by atoms with van der Waals surface area (Å²) >= 11 is 2.94. The van der Waals surface area contributed by atoms with Gasteiger partial charge in [0.2, 0.25) is 0 Å². The Bertz CT molecular complexity index is 1270. The van der Waals surface area contributed by atoms with Gasteiger partial charge in [0.25, 0.3) is 11.1 Å². The number of fused-ring (bicyclic) bond motifs is 2. The van der Waals surface area contributed by atoms with Crippen LogP contribution in [0.1, 0.15) is 16.1 Å². The summed E-state index contributed by atoms with van der Waals surface area (Å²) in [5.74, 6) is 0.468. The van der Waals surface area contributed by atoms with Gasteiger partial charge in [0.1, 0.15) is 10.5 Å². The van der Waals surface area contributed by atoms with Crippen molar-refractivity contribution in [2.24, 2.45) is 7.05 Å². The second-order valence-electron chi connectivity index (χ2n) is 6.03. The van der Waals surface area contributed by atoms with Crippen LogP contribution in [0.15, 0.2) is 45.2 Å². The van der Waals surface area contributed by atoms with Crippen LogP contribution in [0.2, 0.25) is 0 Å². The molecule has 0 unspecified atom stereocenters. The number of pyridine rings is 1. The van der Waals surface area contributed by atoms with E-state index >= 15 is 0 Å². The average Bonchev–Trinajstić information content (AvgIpc) is 2.91. The maximum absolute atomic E-state index is 12.7. The zero-order valence-electron chi connectivity index (χ0n) is 14.5. The lowest BCUT2D eigenvalue weighted by Gasteiger charge is -2.07. The van der Waals surface area contributed by atoms with Crippen LogP contribution in [-0.4, -0.2) is 18.9 Å². The van der Waals surface area contributed by atoms with Gasteiger partial charge in [-0.3, -0.25) is 18.6 Å². The molecule has 4 heterocycles. The van der Waals surface area contributed by atoms with Crippen LogP contribution < -0.4 is 11.1 Å². The highest BCUT2D eigenvalue weighted by Crippen LogP contribution is 2.28. The van der Waals surface area contributed by atoms with Crippen LogP contribution in [-0.2, 0) is 12.8 Å². The summed E-state index contributed by atoms with van der Waals surface area (Å²) < 4.78 is 3.07. The quantitative estimate of drug-likeness (QED) is 0.401. The molecular formula is C18H16N4O2S2. The molecule has 4 rings (SSSR count). The van der Waals surface area contributed by atoms with Crippen molar-refractivity contribution in [3.63, 3.8) is 0 Å². The zero-order chi connectivity index (χ0) is 18.4. The highest BCUT2D eigenvalue weighted by molar-refractivity contribution is 7.98. The normalized spacial score (nSPS) is 11.5. The van der Waals surface area contributed by atoms with Gasteiger partial charge in [-0.2, -0.15) is 0 Å². The van der Waals surface area contributed by atoms with E-state index in [9.17, 15) is 9.59 Å². The molecule has 0 saturated carbocycles. The van der Waals surface area contributed by atoms with Gasteiger partial charge in [0, 0.05) is 29.9 Å². The molecule has 0 spiro atoms. The fourth-order valence-electron chi connectivity index (χ4n) is 2.80. The van der Waals surface area contributed by atoms with Crippen molar-refractivity contribution in [3.05, 3.63) is 67.3 Å². The van der Waals surface area contributed by atoms with Crippen LogP contribution in [0.25, 0.3) is 15.9 Å². The van der Waals surface area contributed by atoms with Gasteiger partial charge < -0.3 is 0 Å². The molecule has 132 valence electrons. The van der Waals surface area contributed by atoms with Crippen LogP contribution in [0.4, 0.5) is 0 Å². The lowest BCUT2D eigenvalue weighted by Crippen LogP contribution is -2.20. The molecule has 6 nitrogen and oxygen atoms in total. The molecule has 0 amide bonds. The van der Waals surface area contributed by atoms with Gasteiger partial charge in [0.05, 0.1) is 11.1 Å². The van der Waals surface area contributed by atoms with E-state index in [2.05, 4.69) is 9.97 Å². The van der Waals surface area contributed by atoms with Gasteiger partial charge in [-0.15, -0.1) is 11.3 Å². The lowest BCUT2D eigenvalue weighted by atomic mass is 10.2. The standard InChI is InChI=1S/C18H16N4O2S2/c1-10-11(2)26-16-15(10)17(24)21(3)18(20-16)25-9-12-8-14(23)22-7-5-4-6-13(22)19-12/h4-8H,9H2,1-3H3. The minimum Gasteiger partial charge on any atom is -0.290 e. The third kappa shape index (κ3) is 2.75. The first-order valence-electron chi connectivity index (χ1n) is 8.02. The number of aryl methyl sites for hydroxylation is 2. The minimum atomic E-state index is -0.118. The maximum atomic E-state index is 12.7. The van der Waals surface area contributed by atoms with E-state index in [-0.39, 0.29) is 11.1 Å². The first-order valence-corrected chi connectivity index (χ1v) is 9.83. The van der Waals surface area contributed by atoms with Crippen LogP contribution in [0, 0.1) is 13.8 Å². The van der Waals surface area contributed by atoms with Crippen LogP contribution in [0.3, 0.4) is 0 Å². The van der Waals surface area contributed by atoms with E-state index in [0.29, 0.717) is 27.6 Å². The number of hydrogen-bond donors (Lipinski definition) is 0. The van der Waals surface area contributed by atoms with E-state index in [0.717, 1.165) is 15.3 Å². The Morgan fingerprint density at radius 3 is 2.81 bits per heavy atom. The molecule has 4 aromatic rings. The second kappa shape index (κ2) is 6.37. The molecule has 0 fully saturated rings. The molecule has 0 aromatic carbocycles. The minimum absolute atomic E-state index is 0.0362. The zero-order valence-corrected chi connectivity index (χ0v) is 16.1. The van der Waals surface area contributed by atoms with E-state index in [1.165, 1.54) is 33.6 Å². The van der Waals surface area contributed by atoms with Crippen molar-refractivity contribution < 1.29 is 0 Å². The van der Waals surface area contributed by atoms with Crippen molar-refractivity contribution in [2.75, 3.05) is 0 Å². The molecule has 0 aliphatic carbocycles. The molecule has 0 N–H and O–H groups in total. The van der Waals surface area contributed by atoms with Gasteiger partial charge in [-0.05, 0) is 31.5 Å². The van der Waals surface area contributed by atoms with E-state index < -0.39 is 0 Å². The number of thiophene rings is 1. The van der Waals surface area contributed by atoms with Crippen molar-refractivity contribution >= 4 is 39.0 Å². The third-order valence-electron chi connectivity index (χ3n) is 4.34.